The van der Waals surface area contributed by atoms with Crippen molar-refractivity contribution < 1.29 is 9.53 Å². The molecule has 0 aromatic heterocycles. The highest BCUT2D eigenvalue weighted by Gasteiger charge is 2.38. The van der Waals surface area contributed by atoms with Gasteiger partial charge in [-0.1, -0.05) is 6.07 Å². The van der Waals surface area contributed by atoms with Crippen LogP contribution in [0, 0.1) is 0 Å². The Balaban J connectivity index is 1.92. The molecule has 0 saturated heterocycles. The number of amides is 1. The third-order valence-electron chi connectivity index (χ3n) is 3.82. The summed E-state index contributed by atoms with van der Waals surface area (Å²) in [5.74, 6) is 0.767. The smallest absolute Gasteiger partial charge is 0.267 e. The van der Waals surface area contributed by atoms with E-state index in [1.807, 2.05) is 18.2 Å². The van der Waals surface area contributed by atoms with Crippen LogP contribution in [0.3, 0.4) is 0 Å². The van der Waals surface area contributed by atoms with Gasteiger partial charge in [0.2, 0.25) is 0 Å². The Kier molecular flexibility index (Phi) is 2.38. The molecule has 0 bridgehead atoms. The van der Waals surface area contributed by atoms with Crippen LogP contribution in [0.15, 0.2) is 18.2 Å². The van der Waals surface area contributed by atoms with Gasteiger partial charge in [0.1, 0.15) is 5.75 Å². The van der Waals surface area contributed by atoms with E-state index in [1.54, 1.807) is 18.9 Å². The van der Waals surface area contributed by atoms with Crippen LogP contribution >= 0.6 is 0 Å². The lowest BCUT2D eigenvalue weighted by atomic mass is 10.0. The quantitative estimate of drug-likeness (QED) is 0.859. The zero-order valence-corrected chi connectivity index (χ0v) is 10.8. The monoisotopic (exact) mass is 246 g/mol. The summed E-state index contributed by atoms with van der Waals surface area (Å²) in [6.07, 6.45) is 2.65. The van der Waals surface area contributed by atoms with Gasteiger partial charge in [-0.25, -0.2) is 0 Å². The van der Waals surface area contributed by atoms with Crippen molar-refractivity contribution in [3.05, 3.63) is 23.8 Å². The van der Waals surface area contributed by atoms with Gasteiger partial charge in [0.15, 0.2) is 6.10 Å². The number of hydrogen-bond donors (Lipinski definition) is 1. The van der Waals surface area contributed by atoms with Gasteiger partial charge >= 0.3 is 0 Å². The Hall–Kier alpha value is -1.55. The molecule has 1 fully saturated rings. The largest absolute Gasteiger partial charge is 0.479 e. The second-order valence-electron chi connectivity index (χ2n) is 5.50. The highest BCUT2D eigenvalue weighted by atomic mass is 16.5. The van der Waals surface area contributed by atoms with Gasteiger partial charge in [0.25, 0.3) is 5.91 Å². The predicted molar refractivity (Wildman–Crippen MR) is 69.8 cm³/mol. The van der Waals surface area contributed by atoms with Crippen molar-refractivity contribution in [2.24, 2.45) is 5.73 Å². The third-order valence-corrected chi connectivity index (χ3v) is 3.82. The van der Waals surface area contributed by atoms with Gasteiger partial charge in [0.05, 0.1) is 5.69 Å². The van der Waals surface area contributed by atoms with E-state index >= 15 is 0 Å². The Morgan fingerprint density at radius 2 is 2.22 bits per heavy atom. The summed E-state index contributed by atoms with van der Waals surface area (Å²) in [5.41, 5.74) is 8.13. The van der Waals surface area contributed by atoms with Crippen LogP contribution in [-0.4, -0.2) is 24.6 Å². The van der Waals surface area contributed by atoms with E-state index in [2.05, 4.69) is 0 Å². The van der Waals surface area contributed by atoms with Crippen molar-refractivity contribution in [3.63, 3.8) is 0 Å². The van der Waals surface area contributed by atoms with Gasteiger partial charge in [-0.15, -0.1) is 0 Å². The lowest BCUT2D eigenvalue weighted by Crippen LogP contribution is -2.42. The van der Waals surface area contributed by atoms with Crippen LogP contribution in [0.4, 0.5) is 5.69 Å². The van der Waals surface area contributed by atoms with E-state index in [1.165, 1.54) is 5.56 Å². The number of benzene rings is 1. The summed E-state index contributed by atoms with van der Waals surface area (Å²) in [6.45, 7) is 1.77. The second kappa shape index (κ2) is 3.72. The first-order chi connectivity index (χ1) is 8.48. The fraction of sp³-hybridized carbons (Fsp3) is 0.500. The van der Waals surface area contributed by atoms with Gasteiger partial charge in [0, 0.05) is 12.6 Å². The minimum Gasteiger partial charge on any atom is -0.479 e. The van der Waals surface area contributed by atoms with Crippen LogP contribution < -0.4 is 15.4 Å². The van der Waals surface area contributed by atoms with E-state index in [4.69, 9.17) is 10.5 Å². The molecule has 1 unspecified atom stereocenters. The summed E-state index contributed by atoms with van der Waals surface area (Å²) >= 11 is 0. The van der Waals surface area contributed by atoms with Crippen molar-refractivity contribution >= 4 is 11.6 Å². The molecule has 4 heteroatoms. The molecule has 2 N–H and O–H groups in total. The van der Waals surface area contributed by atoms with Crippen molar-refractivity contribution in [1.82, 2.24) is 0 Å². The third kappa shape index (κ3) is 1.86. The molecule has 18 heavy (non-hydrogen) atoms. The zero-order chi connectivity index (χ0) is 12.9. The number of carbonyl (C=O) groups is 1. The Bertz CT molecular complexity index is 509. The summed E-state index contributed by atoms with van der Waals surface area (Å²) in [6, 6.07) is 6.00. The molecular formula is C14H18N2O2. The summed E-state index contributed by atoms with van der Waals surface area (Å²) < 4.78 is 5.59. The molecule has 1 atom stereocenters. The molecule has 3 rings (SSSR count). The summed E-state index contributed by atoms with van der Waals surface area (Å²) in [4.78, 5) is 13.5. The normalized spacial score (nSPS) is 24.5. The number of carbonyl (C=O) groups excluding carboxylic acids is 1. The second-order valence-corrected chi connectivity index (χ2v) is 5.50. The maximum Gasteiger partial charge on any atom is 0.267 e. The maximum absolute atomic E-state index is 11.9. The van der Waals surface area contributed by atoms with Crippen molar-refractivity contribution in [3.8, 4) is 5.75 Å². The maximum atomic E-state index is 11.9. The molecule has 0 spiro atoms. The average molecular weight is 246 g/mol. The average Bonchev–Trinajstić information content (AvgIpc) is 3.05. The fourth-order valence-corrected chi connectivity index (χ4v) is 2.41. The molecule has 4 nitrogen and oxygen atoms in total. The lowest BCUT2D eigenvalue weighted by molar-refractivity contribution is -0.125. The number of nitrogens with zero attached hydrogens (tertiary/aromatic N) is 1. The first-order valence-electron chi connectivity index (χ1n) is 6.35. The highest BCUT2D eigenvalue weighted by molar-refractivity contribution is 5.99. The minimum atomic E-state index is -0.405. The molecule has 1 aliphatic heterocycles. The zero-order valence-electron chi connectivity index (χ0n) is 10.8. The van der Waals surface area contributed by atoms with E-state index in [9.17, 15) is 4.79 Å². The number of likely N-dealkylation sites (N-methyl/N-ethyl adjacent to an activating group) is 1. The lowest BCUT2D eigenvalue weighted by Gasteiger charge is -2.30. The summed E-state index contributed by atoms with van der Waals surface area (Å²) in [5, 5.41) is 0. The molecule has 1 aliphatic carbocycles. The Morgan fingerprint density at radius 1 is 1.50 bits per heavy atom. The molecule has 1 saturated carbocycles. The van der Waals surface area contributed by atoms with Crippen LogP contribution in [0.5, 0.6) is 5.75 Å². The van der Waals surface area contributed by atoms with Crippen LogP contribution in [-0.2, 0) is 11.2 Å². The van der Waals surface area contributed by atoms with Crippen LogP contribution in [0.25, 0.3) is 0 Å². The van der Waals surface area contributed by atoms with Crippen molar-refractivity contribution in [2.45, 2.75) is 37.8 Å². The fourth-order valence-electron chi connectivity index (χ4n) is 2.41. The van der Waals surface area contributed by atoms with Gasteiger partial charge in [-0.05, 0) is 43.9 Å². The standard InChI is InChI=1S/C14H18N2O2/c1-9-13(17)16(2)11-7-10(3-4-12(11)18-9)8-14(15)5-6-14/h3-4,7,9H,5-6,8,15H2,1-2H3. The van der Waals surface area contributed by atoms with Gasteiger partial charge in [-0.3, -0.25) is 4.79 Å². The molecular weight excluding hydrogens is 228 g/mol. The molecule has 1 aromatic carbocycles. The highest BCUT2D eigenvalue weighted by Crippen LogP contribution is 2.39. The molecule has 96 valence electrons. The van der Waals surface area contributed by atoms with E-state index < -0.39 is 6.10 Å². The van der Waals surface area contributed by atoms with E-state index in [0.717, 1.165) is 30.7 Å². The minimum absolute atomic E-state index is 0.00599. The molecule has 0 radical (unpaired) electrons. The van der Waals surface area contributed by atoms with Crippen molar-refractivity contribution in [1.29, 1.82) is 0 Å². The first kappa shape index (κ1) is 11.5. The number of rotatable bonds is 2. The topological polar surface area (TPSA) is 55.6 Å². The summed E-state index contributed by atoms with van der Waals surface area (Å²) in [7, 11) is 1.79. The number of nitrogens with two attached hydrogens (primary N) is 1. The molecule has 1 amide bonds. The van der Waals surface area contributed by atoms with E-state index in [-0.39, 0.29) is 11.4 Å². The Labute approximate surface area is 107 Å². The van der Waals surface area contributed by atoms with Crippen LogP contribution in [0.1, 0.15) is 25.3 Å². The van der Waals surface area contributed by atoms with Crippen LogP contribution in [0.2, 0.25) is 0 Å². The number of fused-ring (bicyclic) bond motifs is 1. The number of anilines is 1. The predicted octanol–water partition coefficient (Wildman–Crippen LogP) is 1.46. The number of ether oxygens (including phenoxy) is 1. The number of hydrogen-bond acceptors (Lipinski definition) is 3. The SMILES string of the molecule is CC1Oc2ccc(CC3(N)CC3)cc2N(C)C1=O. The van der Waals surface area contributed by atoms with Gasteiger partial charge in [-0.2, -0.15) is 0 Å². The molecule has 2 aliphatic rings. The molecule has 1 heterocycles. The molecule has 1 aromatic rings. The Morgan fingerprint density at radius 3 is 2.89 bits per heavy atom. The van der Waals surface area contributed by atoms with Gasteiger partial charge < -0.3 is 15.4 Å². The van der Waals surface area contributed by atoms with E-state index in [0.29, 0.717) is 0 Å². The van der Waals surface area contributed by atoms with Crippen molar-refractivity contribution in [2.75, 3.05) is 11.9 Å². The first-order valence-corrected chi connectivity index (χ1v) is 6.35.